The summed E-state index contributed by atoms with van der Waals surface area (Å²) in [5, 5.41) is 0. The molecule has 0 heterocycles. The lowest BCUT2D eigenvalue weighted by Crippen LogP contribution is -2.22. The van der Waals surface area contributed by atoms with Gasteiger partial charge in [0, 0.05) is 0 Å². The molecule has 0 aromatic carbocycles. The summed E-state index contributed by atoms with van der Waals surface area (Å²) in [7, 11) is 0. The zero-order chi connectivity index (χ0) is 8.27. The molecule has 0 saturated heterocycles. The number of ether oxygens (including phenoxy) is 1. The molecule has 1 saturated carbocycles. The van der Waals surface area contributed by atoms with E-state index < -0.39 is 12.1 Å². The number of carbonyl (C=O) groups excluding carboxylic acids is 1. The van der Waals surface area contributed by atoms with Crippen molar-refractivity contribution in [1.82, 2.24) is 0 Å². The second-order valence-corrected chi connectivity index (χ2v) is 2.81. The van der Waals surface area contributed by atoms with Crippen LogP contribution in [0, 0.1) is 5.92 Å². The molecule has 1 rings (SSSR count). The molecule has 1 aliphatic carbocycles. The Labute approximate surface area is 65.7 Å². The molecule has 0 N–H and O–H groups in total. The van der Waals surface area contributed by atoms with Crippen molar-refractivity contribution in [1.29, 1.82) is 0 Å². The maximum absolute atomic E-state index is 12.9. The molecular weight excluding hydrogens is 147 g/mol. The van der Waals surface area contributed by atoms with Gasteiger partial charge in [-0.25, -0.2) is 4.39 Å². The Morgan fingerprint density at radius 3 is 2.82 bits per heavy atom. The normalized spacial score (nSPS) is 30.4. The van der Waals surface area contributed by atoms with Crippen LogP contribution in [0.15, 0.2) is 0 Å². The average molecular weight is 160 g/mol. The van der Waals surface area contributed by atoms with E-state index in [1.807, 2.05) is 0 Å². The van der Waals surface area contributed by atoms with E-state index in [0.29, 0.717) is 19.4 Å². The van der Waals surface area contributed by atoms with Crippen LogP contribution in [0.2, 0.25) is 0 Å². The van der Waals surface area contributed by atoms with Crippen molar-refractivity contribution >= 4 is 5.97 Å². The van der Waals surface area contributed by atoms with E-state index in [0.717, 1.165) is 6.42 Å². The third kappa shape index (κ3) is 1.91. The molecule has 0 aliphatic heterocycles. The van der Waals surface area contributed by atoms with E-state index in [2.05, 4.69) is 0 Å². The van der Waals surface area contributed by atoms with Crippen molar-refractivity contribution in [2.24, 2.45) is 5.92 Å². The van der Waals surface area contributed by atoms with Crippen molar-refractivity contribution in [2.45, 2.75) is 32.4 Å². The largest absolute Gasteiger partial charge is 0.466 e. The first-order valence-electron chi connectivity index (χ1n) is 4.06. The zero-order valence-electron chi connectivity index (χ0n) is 6.68. The smallest absolute Gasteiger partial charge is 0.311 e. The van der Waals surface area contributed by atoms with Crippen molar-refractivity contribution in [3.8, 4) is 0 Å². The van der Waals surface area contributed by atoms with Crippen LogP contribution in [-0.2, 0) is 9.53 Å². The molecule has 2 atom stereocenters. The fourth-order valence-corrected chi connectivity index (χ4v) is 1.43. The predicted molar refractivity (Wildman–Crippen MR) is 38.9 cm³/mol. The predicted octanol–water partition coefficient (Wildman–Crippen LogP) is 1.69. The summed E-state index contributed by atoms with van der Waals surface area (Å²) in [5.41, 5.74) is 0. The Kier molecular flexibility index (Phi) is 2.85. The van der Waals surface area contributed by atoms with Crippen molar-refractivity contribution < 1.29 is 13.9 Å². The van der Waals surface area contributed by atoms with E-state index in [4.69, 9.17) is 4.74 Å². The van der Waals surface area contributed by atoms with Gasteiger partial charge in [-0.1, -0.05) is 0 Å². The number of esters is 1. The number of rotatable bonds is 2. The second kappa shape index (κ2) is 3.69. The molecule has 64 valence electrons. The van der Waals surface area contributed by atoms with Gasteiger partial charge in [-0.15, -0.1) is 0 Å². The SMILES string of the molecule is CCOC(=O)C1CCCC1F. The molecule has 0 aromatic rings. The molecule has 1 aliphatic rings. The van der Waals surface area contributed by atoms with Gasteiger partial charge in [0.25, 0.3) is 0 Å². The lowest BCUT2D eigenvalue weighted by Gasteiger charge is -2.10. The Balaban J connectivity index is 2.39. The van der Waals surface area contributed by atoms with E-state index in [1.165, 1.54) is 0 Å². The summed E-state index contributed by atoms with van der Waals surface area (Å²) >= 11 is 0. The number of hydrogen-bond donors (Lipinski definition) is 0. The summed E-state index contributed by atoms with van der Waals surface area (Å²) in [6.45, 7) is 2.09. The summed E-state index contributed by atoms with van der Waals surface area (Å²) in [6.07, 6.45) is 1.02. The topological polar surface area (TPSA) is 26.3 Å². The van der Waals surface area contributed by atoms with Crippen LogP contribution in [0.4, 0.5) is 4.39 Å². The van der Waals surface area contributed by atoms with E-state index >= 15 is 0 Å². The highest BCUT2D eigenvalue weighted by Crippen LogP contribution is 2.29. The Hall–Kier alpha value is -0.600. The van der Waals surface area contributed by atoms with Crippen molar-refractivity contribution in [3.05, 3.63) is 0 Å². The number of alkyl halides is 1. The third-order valence-corrected chi connectivity index (χ3v) is 2.02. The summed E-state index contributed by atoms with van der Waals surface area (Å²) in [4.78, 5) is 11.0. The molecule has 0 bridgehead atoms. The Morgan fingerprint density at radius 2 is 2.36 bits per heavy atom. The molecular formula is C8H13FO2. The standard InChI is InChI=1S/C8H13FO2/c1-2-11-8(10)6-4-3-5-7(6)9/h6-7H,2-5H2,1H3. The Bertz CT molecular complexity index is 147. The van der Waals surface area contributed by atoms with Gasteiger partial charge in [-0.3, -0.25) is 4.79 Å². The fraction of sp³-hybridized carbons (Fsp3) is 0.875. The first-order valence-corrected chi connectivity index (χ1v) is 4.06. The van der Waals surface area contributed by atoms with Gasteiger partial charge in [0.1, 0.15) is 6.17 Å². The summed E-state index contributed by atoms with van der Waals surface area (Å²) in [5.74, 6) is -0.840. The highest BCUT2D eigenvalue weighted by molar-refractivity contribution is 5.73. The maximum Gasteiger partial charge on any atom is 0.311 e. The zero-order valence-corrected chi connectivity index (χ0v) is 6.68. The minimum absolute atomic E-state index is 0.349. The van der Waals surface area contributed by atoms with Crippen LogP contribution >= 0.6 is 0 Å². The van der Waals surface area contributed by atoms with E-state index in [1.54, 1.807) is 6.92 Å². The highest BCUT2D eigenvalue weighted by atomic mass is 19.1. The molecule has 0 amide bonds. The number of halogens is 1. The van der Waals surface area contributed by atoms with Gasteiger partial charge < -0.3 is 4.74 Å². The van der Waals surface area contributed by atoms with Gasteiger partial charge >= 0.3 is 5.97 Å². The molecule has 0 aromatic heterocycles. The van der Waals surface area contributed by atoms with E-state index in [9.17, 15) is 9.18 Å². The van der Waals surface area contributed by atoms with Gasteiger partial charge in [-0.2, -0.15) is 0 Å². The van der Waals surface area contributed by atoms with Gasteiger partial charge in [0.2, 0.25) is 0 Å². The summed E-state index contributed by atoms with van der Waals surface area (Å²) < 4.78 is 17.6. The lowest BCUT2D eigenvalue weighted by atomic mass is 10.1. The molecule has 2 unspecified atom stereocenters. The van der Waals surface area contributed by atoms with Gasteiger partial charge in [0.05, 0.1) is 12.5 Å². The maximum atomic E-state index is 12.9. The Morgan fingerprint density at radius 1 is 1.64 bits per heavy atom. The first kappa shape index (κ1) is 8.50. The van der Waals surface area contributed by atoms with Crippen LogP contribution in [0.3, 0.4) is 0 Å². The molecule has 1 fully saturated rings. The quantitative estimate of drug-likeness (QED) is 0.574. The first-order chi connectivity index (χ1) is 5.25. The highest BCUT2D eigenvalue weighted by Gasteiger charge is 2.33. The third-order valence-electron chi connectivity index (χ3n) is 2.02. The van der Waals surface area contributed by atoms with Gasteiger partial charge in [0.15, 0.2) is 0 Å². The molecule has 3 heteroatoms. The number of carbonyl (C=O) groups is 1. The van der Waals surface area contributed by atoms with Crippen LogP contribution in [0.5, 0.6) is 0 Å². The fourth-order valence-electron chi connectivity index (χ4n) is 1.43. The van der Waals surface area contributed by atoms with Crippen molar-refractivity contribution in [3.63, 3.8) is 0 Å². The van der Waals surface area contributed by atoms with Gasteiger partial charge in [-0.05, 0) is 26.2 Å². The molecule has 0 radical (unpaired) electrons. The van der Waals surface area contributed by atoms with Crippen LogP contribution in [0.1, 0.15) is 26.2 Å². The van der Waals surface area contributed by atoms with Crippen LogP contribution in [-0.4, -0.2) is 18.7 Å². The van der Waals surface area contributed by atoms with Crippen LogP contribution in [0.25, 0.3) is 0 Å². The molecule has 11 heavy (non-hydrogen) atoms. The monoisotopic (exact) mass is 160 g/mol. The van der Waals surface area contributed by atoms with Crippen molar-refractivity contribution in [2.75, 3.05) is 6.61 Å². The minimum Gasteiger partial charge on any atom is -0.466 e. The summed E-state index contributed by atoms with van der Waals surface area (Å²) in [6, 6.07) is 0. The van der Waals surface area contributed by atoms with E-state index in [-0.39, 0.29) is 5.97 Å². The molecule has 2 nitrogen and oxygen atoms in total. The molecule has 0 spiro atoms. The average Bonchev–Trinajstić information content (AvgIpc) is 2.36. The van der Waals surface area contributed by atoms with Crippen LogP contribution < -0.4 is 0 Å². The second-order valence-electron chi connectivity index (χ2n) is 2.81. The number of hydrogen-bond acceptors (Lipinski definition) is 2. The lowest BCUT2D eigenvalue weighted by molar-refractivity contribution is -0.149. The minimum atomic E-state index is -0.964.